The molecule has 0 bridgehead atoms. The van der Waals surface area contributed by atoms with Gasteiger partial charge >= 0.3 is 17.9 Å². The number of hydrogen-bond donors (Lipinski definition) is 3. The summed E-state index contributed by atoms with van der Waals surface area (Å²) in [6.07, 6.45) is -9.81. The fourth-order valence-corrected chi connectivity index (χ4v) is 9.19. The summed E-state index contributed by atoms with van der Waals surface area (Å²) in [4.78, 5) is 56.4. The molecule has 3 heterocycles. The van der Waals surface area contributed by atoms with Crippen molar-refractivity contribution in [3.05, 3.63) is 0 Å². The largest absolute Gasteiger partial charge is 0.459 e. The van der Waals surface area contributed by atoms with Gasteiger partial charge in [-0.1, -0.05) is 41.5 Å². The van der Waals surface area contributed by atoms with E-state index < -0.39 is 119 Å². The first-order chi connectivity index (χ1) is 27.3. The maximum absolute atomic E-state index is 14.5. The number of methoxy groups -OCH3 is 1. The number of rotatable bonds is 11. The maximum atomic E-state index is 14.5. The van der Waals surface area contributed by atoms with E-state index >= 15 is 0 Å². The fourth-order valence-electron chi connectivity index (χ4n) is 9.19. The van der Waals surface area contributed by atoms with Crippen LogP contribution in [0.25, 0.3) is 0 Å². The molecule has 3 fully saturated rings. The molecule has 0 radical (unpaired) electrons. The van der Waals surface area contributed by atoms with Crippen molar-refractivity contribution in [1.29, 1.82) is 0 Å². The van der Waals surface area contributed by atoms with Crippen LogP contribution in [0.2, 0.25) is 0 Å². The average Bonchev–Trinajstić information content (AvgIpc) is 3.17. The number of hydrogen-bond acceptors (Lipinski definition) is 16. The molecule has 0 unspecified atom stereocenters. The number of likely N-dealkylation sites (N-methyl/N-ethyl adjacent to an activating group) is 1. The number of Topliss-reactive ketones (excluding diaryl/α,β-unsaturated/α-hetero) is 1. The third kappa shape index (κ3) is 11.8. The van der Waals surface area contributed by atoms with Crippen molar-refractivity contribution in [2.75, 3.05) is 21.2 Å². The zero-order valence-corrected chi connectivity index (χ0v) is 38.1. The Bertz CT molecular complexity index is 1420. The van der Waals surface area contributed by atoms with Gasteiger partial charge in [-0.25, -0.2) is 0 Å². The first-order valence-corrected chi connectivity index (χ1v) is 21.4. The van der Waals surface area contributed by atoms with Crippen LogP contribution in [-0.2, 0) is 57.1 Å². The lowest BCUT2D eigenvalue weighted by Crippen LogP contribution is -2.62. The molecule has 59 heavy (non-hydrogen) atoms. The number of cyclic esters (lactones) is 1. The van der Waals surface area contributed by atoms with E-state index in [4.69, 9.17) is 37.9 Å². The first kappa shape index (κ1) is 51.1. The second-order valence-corrected chi connectivity index (χ2v) is 18.1. The van der Waals surface area contributed by atoms with Crippen LogP contribution in [0.5, 0.6) is 0 Å². The maximum Gasteiger partial charge on any atom is 0.311 e. The van der Waals surface area contributed by atoms with Gasteiger partial charge in [0, 0.05) is 38.2 Å². The summed E-state index contributed by atoms with van der Waals surface area (Å²) < 4.78 is 49.7. The monoisotopic (exact) mass is 846 g/mol. The Hall–Kier alpha value is -2.28. The second kappa shape index (κ2) is 20.7. The molecule has 342 valence electrons. The Morgan fingerprint density at radius 3 is 1.97 bits per heavy atom. The van der Waals surface area contributed by atoms with E-state index in [1.54, 1.807) is 62.3 Å². The number of aliphatic hydroxyl groups excluding tert-OH is 1. The molecular formula is C43H75NO15. The highest BCUT2D eigenvalue weighted by atomic mass is 16.7. The van der Waals surface area contributed by atoms with Crippen LogP contribution in [-0.4, -0.2) is 149 Å². The van der Waals surface area contributed by atoms with Crippen molar-refractivity contribution in [2.45, 2.75) is 206 Å². The van der Waals surface area contributed by atoms with Crippen molar-refractivity contribution in [1.82, 2.24) is 4.90 Å². The Labute approximate surface area is 351 Å². The van der Waals surface area contributed by atoms with Crippen molar-refractivity contribution in [2.24, 2.45) is 23.7 Å². The van der Waals surface area contributed by atoms with Gasteiger partial charge in [-0.15, -0.1) is 0 Å². The summed E-state index contributed by atoms with van der Waals surface area (Å²) >= 11 is 0. The fraction of sp³-hybridized carbons (Fsp3) is 0.907. The molecule has 16 heteroatoms. The van der Waals surface area contributed by atoms with Crippen LogP contribution < -0.4 is 0 Å². The lowest BCUT2D eigenvalue weighted by Gasteiger charge is -2.49. The number of ether oxygens (including phenoxy) is 8. The predicted molar refractivity (Wildman–Crippen MR) is 215 cm³/mol. The lowest BCUT2D eigenvalue weighted by atomic mass is 9.74. The molecule has 0 spiro atoms. The zero-order valence-electron chi connectivity index (χ0n) is 38.1. The summed E-state index contributed by atoms with van der Waals surface area (Å²) in [6, 6.07) is -0.336. The number of ketones is 1. The smallest absolute Gasteiger partial charge is 0.311 e. The normalized spacial score (nSPS) is 44.4. The van der Waals surface area contributed by atoms with Crippen LogP contribution in [0.4, 0.5) is 0 Å². The minimum Gasteiger partial charge on any atom is -0.459 e. The molecule has 0 aromatic heterocycles. The number of nitrogens with zero attached hydrogens (tertiary/aromatic N) is 1. The van der Waals surface area contributed by atoms with Crippen LogP contribution in [0.15, 0.2) is 0 Å². The molecular weight excluding hydrogens is 770 g/mol. The van der Waals surface area contributed by atoms with Crippen LogP contribution >= 0.6 is 0 Å². The minimum absolute atomic E-state index is 0.0343. The molecule has 16 nitrogen and oxygen atoms in total. The van der Waals surface area contributed by atoms with E-state index in [0.29, 0.717) is 6.42 Å². The third-order valence-corrected chi connectivity index (χ3v) is 12.9. The topological polar surface area (TPSA) is 206 Å². The van der Waals surface area contributed by atoms with Crippen LogP contribution in [0, 0.1) is 23.7 Å². The Balaban J connectivity index is 2.29. The lowest BCUT2D eigenvalue weighted by molar-refractivity contribution is -0.319. The molecule has 3 rings (SSSR count). The van der Waals surface area contributed by atoms with Crippen molar-refractivity contribution in [3.8, 4) is 0 Å². The summed E-state index contributed by atoms with van der Waals surface area (Å²) in [5.74, 6) is -6.36. The average molecular weight is 846 g/mol. The molecule has 0 saturated carbocycles. The van der Waals surface area contributed by atoms with E-state index in [9.17, 15) is 34.5 Å². The predicted octanol–water partition coefficient (Wildman–Crippen LogP) is 3.71. The van der Waals surface area contributed by atoms with Gasteiger partial charge in [0.25, 0.3) is 0 Å². The molecule has 0 aromatic rings. The van der Waals surface area contributed by atoms with Gasteiger partial charge < -0.3 is 58.1 Å². The van der Waals surface area contributed by atoms with Gasteiger partial charge in [-0.3, -0.25) is 19.2 Å². The van der Waals surface area contributed by atoms with E-state index in [2.05, 4.69) is 0 Å². The molecule has 3 aliphatic heterocycles. The molecule has 18 atom stereocenters. The molecule has 3 saturated heterocycles. The van der Waals surface area contributed by atoms with Crippen LogP contribution in [0.3, 0.4) is 0 Å². The zero-order chi connectivity index (χ0) is 44.9. The number of carbonyl (C=O) groups is 4. The Morgan fingerprint density at radius 2 is 1.42 bits per heavy atom. The van der Waals surface area contributed by atoms with E-state index in [0.717, 1.165) is 0 Å². The summed E-state index contributed by atoms with van der Waals surface area (Å²) in [5.41, 5.74) is -4.99. The van der Waals surface area contributed by atoms with Gasteiger partial charge in [0.15, 0.2) is 18.7 Å². The number of esters is 3. The molecule has 0 amide bonds. The molecule has 3 N–H and O–H groups in total. The van der Waals surface area contributed by atoms with Crippen LogP contribution in [0.1, 0.15) is 122 Å². The summed E-state index contributed by atoms with van der Waals surface area (Å²) in [5, 5.41) is 35.9. The second-order valence-electron chi connectivity index (χ2n) is 18.1. The Morgan fingerprint density at radius 1 is 0.831 bits per heavy atom. The number of carbonyl (C=O) groups excluding carboxylic acids is 4. The van der Waals surface area contributed by atoms with Gasteiger partial charge in [0.2, 0.25) is 0 Å². The number of aliphatic hydroxyl groups is 3. The van der Waals surface area contributed by atoms with Gasteiger partial charge in [-0.2, -0.15) is 0 Å². The highest BCUT2D eigenvalue weighted by molar-refractivity contribution is 5.84. The van der Waals surface area contributed by atoms with Gasteiger partial charge in [0.05, 0.1) is 53.5 Å². The summed E-state index contributed by atoms with van der Waals surface area (Å²) in [6.45, 7) is 19.7. The quantitative estimate of drug-likeness (QED) is 0.200. The SMILES string of the molecule is CCC(=O)O[C@H]1[C@H](O[C@@H]2[C@@H](C)[C@H](O[C@H]3C[C@@](C)(OC)[C@@H](O)[C@H](C)O3)[C@@H](C)C(=O)O[C@H](CC)[C@](C)(O)[C@H](OC(=O)CC)[C@@H](C)C(=O)[C@H](C)C[C@]2(C)O)O[C@H](C)C[C@@H]1N(C)C. The standard InChI is InChI=1S/C43H75NO15/c1-16-29-43(12,51)38(57-31(46)18-3)24(6)33(47)22(4)20-41(10,50)37(59-40-35(56-30(45)17-2)28(44(13)14)19-23(5)53-40)25(7)34(26(8)39(49)55-29)58-32-21-42(11,52-15)36(48)27(9)54-32/h22-29,32,34-38,40,48,50-51H,16-21H2,1-15H3/t22-,23-,24+,25+,26-,27+,28+,29-,32+,34+,35-,36+,37-,38-,40+,41+,42-,43+/m1/s1. The van der Waals surface area contributed by atoms with Gasteiger partial charge in [-0.05, 0) is 74.9 Å². The van der Waals surface area contributed by atoms with E-state index in [1.165, 1.54) is 21.0 Å². The van der Waals surface area contributed by atoms with E-state index in [-0.39, 0.29) is 44.2 Å². The molecule has 0 aliphatic carbocycles. The van der Waals surface area contributed by atoms with Crippen molar-refractivity contribution in [3.63, 3.8) is 0 Å². The molecule has 0 aromatic carbocycles. The van der Waals surface area contributed by atoms with E-state index in [1.807, 2.05) is 25.9 Å². The highest BCUT2D eigenvalue weighted by Gasteiger charge is 2.55. The molecule has 3 aliphatic rings. The Kier molecular flexibility index (Phi) is 17.9. The van der Waals surface area contributed by atoms with Crippen molar-refractivity contribution >= 4 is 23.7 Å². The third-order valence-electron chi connectivity index (χ3n) is 12.9. The first-order valence-electron chi connectivity index (χ1n) is 21.4. The highest BCUT2D eigenvalue weighted by Crippen LogP contribution is 2.41. The van der Waals surface area contributed by atoms with Crippen molar-refractivity contribution < 1.29 is 72.4 Å². The minimum atomic E-state index is -2.02. The van der Waals surface area contributed by atoms with Gasteiger partial charge in [0.1, 0.15) is 29.7 Å². The summed E-state index contributed by atoms with van der Waals surface area (Å²) in [7, 11) is 5.20.